The lowest BCUT2D eigenvalue weighted by Gasteiger charge is -2.35. The van der Waals surface area contributed by atoms with Crippen LogP contribution in [0.25, 0.3) is 0 Å². The second-order valence-electron chi connectivity index (χ2n) is 7.95. The predicted molar refractivity (Wildman–Crippen MR) is 102 cm³/mol. The Kier molecular flexibility index (Phi) is 8.33. The van der Waals surface area contributed by atoms with Crippen molar-refractivity contribution < 1.29 is 4.74 Å². The second-order valence-corrected chi connectivity index (χ2v) is 7.95. The van der Waals surface area contributed by atoms with Crippen LogP contribution in [-0.4, -0.2) is 75.8 Å². The van der Waals surface area contributed by atoms with Crippen molar-refractivity contribution in [2.75, 3.05) is 60.0 Å². The zero-order chi connectivity index (χ0) is 17.4. The molecule has 2 rings (SSSR count). The quantitative estimate of drug-likeness (QED) is 0.596. The van der Waals surface area contributed by atoms with Gasteiger partial charge in [0.2, 0.25) is 0 Å². The molecule has 24 heavy (non-hydrogen) atoms. The van der Waals surface area contributed by atoms with E-state index in [2.05, 4.69) is 41.0 Å². The molecule has 2 unspecified atom stereocenters. The van der Waals surface area contributed by atoms with Gasteiger partial charge in [0.1, 0.15) is 0 Å². The maximum Gasteiger partial charge on any atom is 0.193 e. The Hall–Kier alpha value is -0.810. The maximum absolute atomic E-state index is 5.45. The molecule has 0 spiro atoms. The van der Waals surface area contributed by atoms with Crippen LogP contribution in [0.1, 0.15) is 39.5 Å². The minimum atomic E-state index is 0.815. The van der Waals surface area contributed by atoms with Crippen LogP contribution in [-0.2, 0) is 4.74 Å². The Morgan fingerprint density at radius 1 is 1.21 bits per heavy atom. The molecule has 5 nitrogen and oxygen atoms in total. The fourth-order valence-corrected chi connectivity index (χ4v) is 4.20. The number of nitrogens with one attached hydrogen (secondary N) is 1. The van der Waals surface area contributed by atoms with Crippen molar-refractivity contribution in [3.8, 4) is 0 Å². The number of aliphatic imine (C=N–C) groups is 1. The summed E-state index contributed by atoms with van der Waals surface area (Å²) in [6, 6.07) is 0. The number of rotatable bonds is 6. The van der Waals surface area contributed by atoms with Gasteiger partial charge in [0.25, 0.3) is 0 Å². The van der Waals surface area contributed by atoms with E-state index in [0.717, 1.165) is 56.6 Å². The summed E-state index contributed by atoms with van der Waals surface area (Å²) < 4.78 is 5.45. The van der Waals surface area contributed by atoms with Crippen LogP contribution >= 0.6 is 0 Å². The predicted octanol–water partition coefficient (Wildman–Crippen LogP) is 2.29. The summed E-state index contributed by atoms with van der Waals surface area (Å²) >= 11 is 0. The van der Waals surface area contributed by atoms with Gasteiger partial charge in [-0.3, -0.25) is 4.99 Å². The summed E-state index contributed by atoms with van der Waals surface area (Å²) in [6.45, 7) is 12.3. The fraction of sp³-hybridized carbons (Fsp3) is 0.947. The topological polar surface area (TPSA) is 40.1 Å². The van der Waals surface area contributed by atoms with E-state index >= 15 is 0 Å². The SMILES string of the molecule is CN=C(NCCN1CC(C)CC(C)C1)N(C)CCC1CCOCC1. The van der Waals surface area contributed by atoms with Crippen molar-refractivity contribution in [1.82, 2.24) is 15.1 Å². The van der Waals surface area contributed by atoms with Crippen molar-refractivity contribution in [1.29, 1.82) is 0 Å². The molecule has 2 fully saturated rings. The number of piperidine rings is 1. The molecule has 5 heteroatoms. The molecule has 2 saturated heterocycles. The molecule has 0 amide bonds. The highest BCUT2D eigenvalue weighted by Crippen LogP contribution is 2.20. The van der Waals surface area contributed by atoms with E-state index in [1.165, 1.54) is 38.8 Å². The molecule has 0 saturated carbocycles. The summed E-state index contributed by atoms with van der Waals surface area (Å²) in [7, 11) is 4.04. The van der Waals surface area contributed by atoms with Gasteiger partial charge in [0.05, 0.1) is 0 Å². The smallest absolute Gasteiger partial charge is 0.193 e. The van der Waals surface area contributed by atoms with Gasteiger partial charge in [0.15, 0.2) is 5.96 Å². The standard InChI is InChI=1S/C19H38N4O/c1-16-13-17(2)15-23(14-16)10-8-21-19(20-3)22(4)9-5-18-6-11-24-12-7-18/h16-18H,5-15H2,1-4H3,(H,20,21). The zero-order valence-electron chi connectivity index (χ0n) is 16.3. The Labute approximate surface area is 148 Å². The molecule has 2 heterocycles. The maximum atomic E-state index is 5.45. The molecule has 140 valence electrons. The summed E-state index contributed by atoms with van der Waals surface area (Å²) in [4.78, 5) is 9.33. The van der Waals surface area contributed by atoms with Crippen LogP contribution < -0.4 is 5.32 Å². The van der Waals surface area contributed by atoms with Gasteiger partial charge in [-0.25, -0.2) is 0 Å². The van der Waals surface area contributed by atoms with Crippen LogP contribution in [0, 0.1) is 17.8 Å². The van der Waals surface area contributed by atoms with E-state index in [1.807, 2.05) is 7.05 Å². The summed E-state index contributed by atoms with van der Waals surface area (Å²) in [5, 5.41) is 3.54. The highest BCUT2D eigenvalue weighted by Gasteiger charge is 2.21. The van der Waals surface area contributed by atoms with Crippen molar-refractivity contribution in [3.05, 3.63) is 0 Å². The number of hydrogen-bond donors (Lipinski definition) is 1. The molecule has 0 aliphatic carbocycles. The highest BCUT2D eigenvalue weighted by atomic mass is 16.5. The number of guanidine groups is 1. The summed E-state index contributed by atoms with van der Waals surface area (Å²) in [6.07, 6.45) is 5.04. The number of hydrogen-bond acceptors (Lipinski definition) is 3. The third kappa shape index (κ3) is 6.60. The Morgan fingerprint density at radius 3 is 2.50 bits per heavy atom. The highest BCUT2D eigenvalue weighted by molar-refractivity contribution is 5.79. The van der Waals surface area contributed by atoms with Crippen molar-refractivity contribution in [2.45, 2.75) is 39.5 Å². The largest absolute Gasteiger partial charge is 0.381 e. The van der Waals surface area contributed by atoms with Crippen LogP contribution in [0.15, 0.2) is 4.99 Å². The third-order valence-electron chi connectivity index (χ3n) is 5.44. The number of likely N-dealkylation sites (tertiary alicyclic amines) is 1. The number of nitrogens with zero attached hydrogens (tertiary/aromatic N) is 3. The van der Waals surface area contributed by atoms with E-state index < -0.39 is 0 Å². The lowest BCUT2D eigenvalue weighted by molar-refractivity contribution is 0.0625. The molecule has 0 radical (unpaired) electrons. The molecule has 1 N–H and O–H groups in total. The Bertz CT molecular complexity index is 372. The van der Waals surface area contributed by atoms with E-state index in [4.69, 9.17) is 4.74 Å². The second kappa shape index (κ2) is 10.2. The minimum Gasteiger partial charge on any atom is -0.381 e. The van der Waals surface area contributed by atoms with Crippen molar-refractivity contribution in [3.63, 3.8) is 0 Å². The van der Waals surface area contributed by atoms with Crippen molar-refractivity contribution in [2.24, 2.45) is 22.7 Å². The first-order chi connectivity index (χ1) is 11.6. The van der Waals surface area contributed by atoms with Crippen LogP contribution in [0.5, 0.6) is 0 Å². The average molecular weight is 339 g/mol. The van der Waals surface area contributed by atoms with Gasteiger partial charge >= 0.3 is 0 Å². The van der Waals surface area contributed by atoms with E-state index in [0.29, 0.717) is 0 Å². The van der Waals surface area contributed by atoms with Gasteiger partial charge in [0, 0.05) is 60.0 Å². The molecular weight excluding hydrogens is 300 g/mol. The monoisotopic (exact) mass is 338 g/mol. The molecule has 0 bridgehead atoms. The van der Waals surface area contributed by atoms with Gasteiger partial charge in [-0.15, -0.1) is 0 Å². The van der Waals surface area contributed by atoms with E-state index in [1.54, 1.807) is 0 Å². The van der Waals surface area contributed by atoms with Crippen LogP contribution in [0.3, 0.4) is 0 Å². The molecular formula is C19H38N4O. The molecule has 0 aromatic carbocycles. The molecule has 2 aliphatic rings. The first-order valence-corrected chi connectivity index (χ1v) is 9.80. The Balaban J connectivity index is 1.65. The molecule has 0 aromatic heterocycles. The van der Waals surface area contributed by atoms with Gasteiger partial charge in [-0.05, 0) is 43.4 Å². The number of ether oxygens (including phenoxy) is 1. The first kappa shape index (κ1) is 19.5. The van der Waals surface area contributed by atoms with E-state index in [-0.39, 0.29) is 0 Å². The fourth-order valence-electron chi connectivity index (χ4n) is 4.20. The van der Waals surface area contributed by atoms with Crippen LogP contribution in [0.2, 0.25) is 0 Å². The Morgan fingerprint density at radius 2 is 1.88 bits per heavy atom. The van der Waals surface area contributed by atoms with Gasteiger partial charge < -0.3 is 19.9 Å². The first-order valence-electron chi connectivity index (χ1n) is 9.80. The van der Waals surface area contributed by atoms with Gasteiger partial charge in [-0.1, -0.05) is 13.8 Å². The average Bonchev–Trinajstić information content (AvgIpc) is 2.57. The summed E-state index contributed by atoms with van der Waals surface area (Å²) in [5.41, 5.74) is 0. The van der Waals surface area contributed by atoms with Crippen LogP contribution in [0.4, 0.5) is 0 Å². The minimum absolute atomic E-state index is 0.815. The summed E-state index contributed by atoms with van der Waals surface area (Å²) in [5.74, 6) is 3.50. The molecule has 0 aromatic rings. The van der Waals surface area contributed by atoms with Crippen molar-refractivity contribution >= 4 is 5.96 Å². The lowest BCUT2D eigenvalue weighted by Crippen LogP contribution is -2.46. The van der Waals surface area contributed by atoms with Gasteiger partial charge in [-0.2, -0.15) is 0 Å². The zero-order valence-corrected chi connectivity index (χ0v) is 16.3. The molecule has 2 atom stereocenters. The lowest BCUT2D eigenvalue weighted by atomic mass is 9.92. The normalized spacial score (nSPS) is 27.2. The van der Waals surface area contributed by atoms with E-state index in [9.17, 15) is 0 Å². The molecule has 2 aliphatic heterocycles. The third-order valence-corrected chi connectivity index (χ3v) is 5.44.